The Bertz CT molecular complexity index is 587. The monoisotopic (exact) mass is 351 g/mol. The van der Waals surface area contributed by atoms with E-state index in [0.29, 0.717) is 11.7 Å². The van der Waals surface area contributed by atoms with Gasteiger partial charge < -0.3 is 9.47 Å². The Kier molecular flexibility index (Phi) is 4.05. The van der Waals surface area contributed by atoms with Crippen molar-refractivity contribution in [2.45, 2.75) is 37.6 Å². The molecule has 0 heterocycles. The zero-order valence-corrected chi connectivity index (χ0v) is 13.6. The Morgan fingerprint density at radius 2 is 2.14 bits per heavy atom. The fourth-order valence-corrected chi connectivity index (χ4v) is 3.39. The number of benzene rings is 1. The number of nitrogens with zero attached hydrogens (tertiary/aromatic N) is 1. The topological polar surface area (TPSA) is 47.9 Å². The van der Waals surface area contributed by atoms with Gasteiger partial charge in [0.2, 0.25) is 6.08 Å². The molecule has 2 fully saturated rings. The summed E-state index contributed by atoms with van der Waals surface area (Å²) in [7, 11) is 1.63. The maximum Gasteiger partial charge on any atom is 0.235 e. The highest BCUT2D eigenvalue weighted by Crippen LogP contribution is 2.49. The fraction of sp³-hybridized carbons (Fsp3) is 0.562. The van der Waals surface area contributed by atoms with Crippen molar-refractivity contribution < 1.29 is 14.3 Å². The van der Waals surface area contributed by atoms with Crippen LogP contribution in [-0.2, 0) is 10.3 Å². The normalized spacial score (nSPS) is 19.3. The van der Waals surface area contributed by atoms with Crippen LogP contribution in [0, 0.1) is 5.92 Å². The second kappa shape index (κ2) is 5.82. The molecule has 0 saturated heterocycles. The van der Waals surface area contributed by atoms with Gasteiger partial charge in [0, 0.05) is 4.47 Å². The maximum absolute atomic E-state index is 10.7. The molecule has 0 amide bonds. The van der Waals surface area contributed by atoms with Crippen molar-refractivity contribution >= 4 is 22.0 Å². The van der Waals surface area contributed by atoms with E-state index in [2.05, 4.69) is 20.9 Å². The van der Waals surface area contributed by atoms with Gasteiger partial charge in [-0.3, -0.25) is 0 Å². The van der Waals surface area contributed by atoms with Crippen LogP contribution in [0.3, 0.4) is 0 Å². The van der Waals surface area contributed by atoms with Crippen molar-refractivity contribution in [2.75, 3.05) is 13.7 Å². The number of carbonyl (C=O) groups excluding carboxylic acids is 1. The van der Waals surface area contributed by atoms with E-state index in [9.17, 15) is 4.79 Å². The smallest absolute Gasteiger partial charge is 0.235 e. The summed E-state index contributed by atoms with van der Waals surface area (Å²) in [4.78, 5) is 14.8. The lowest BCUT2D eigenvalue weighted by Crippen LogP contribution is -2.32. The highest BCUT2D eigenvalue weighted by molar-refractivity contribution is 9.10. The lowest BCUT2D eigenvalue weighted by Gasteiger charge is -2.38. The molecule has 0 N–H and O–H groups in total. The number of hydrogen-bond donors (Lipinski definition) is 0. The van der Waals surface area contributed by atoms with E-state index in [4.69, 9.17) is 9.47 Å². The van der Waals surface area contributed by atoms with Gasteiger partial charge in [0.25, 0.3) is 0 Å². The van der Waals surface area contributed by atoms with Crippen LogP contribution in [0.15, 0.2) is 21.6 Å². The lowest BCUT2D eigenvalue weighted by molar-refractivity contribution is 0.250. The molecule has 1 aromatic carbocycles. The molecule has 112 valence electrons. The van der Waals surface area contributed by atoms with Crippen molar-refractivity contribution in [1.29, 1.82) is 0 Å². The summed E-state index contributed by atoms with van der Waals surface area (Å²) < 4.78 is 12.2. The summed E-state index contributed by atoms with van der Waals surface area (Å²) in [5.41, 5.74) is 0.538. The molecular weight excluding hydrogens is 334 g/mol. The molecule has 0 radical (unpaired) electrons. The van der Waals surface area contributed by atoms with Gasteiger partial charge in [0.1, 0.15) is 0 Å². The minimum absolute atomic E-state index is 0.442. The van der Waals surface area contributed by atoms with Crippen LogP contribution in [0.2, 0.25) is 0 Å². The molecule has 0 aromatic heterocycles. The molecule has 0 unspecified atom stereocenters. The molecular formula is C16H18BrNO3. The first-order valence-electron chi connectivity index (χ1n) is 7.28. The SMILES string of the molecule is COc1cc(C2(N=C=O)CCC2)c(Br)cc1OCC1CC1. The van der Waals surface area contributed by atoms with E-state index in [1.54, 1.807) is 13.2 Å². The standard InChI is InChI=1S/C16H18BrNO3/c1-20-14-7-12(16(18-10-19)5-2-6-16)13(17)8-15(14)21-9-11-3-4-11/h7-8,11H,2-6,9H2,1H3. The van der Waals surface area contributed by atoms with E-state index in [0.717, 1.165) is 41.7 Å². The number of aliphatic imine (C=N–C) groups is 1. The van der Waals surface area contributed by atoms with Crippen molar-refractivity contribution in [3.05, 3.63) is 22.2 Å². The number of hydrogen-bond acceptors (Lipinski definition) is 4. The minimum atomic E-state index is -0.442. The van der Waals surface area contributed by atoms with Crippen LogP contribution in [-0.4, -0.2) is 19.8 Å². The fourth-order valence-electron chi connectivity index (χ4n) is 2.70. The van der Waals surface area contributed by atoms with Gasteiger partial charge in [-0.15, -0.1) is 0 Å². The number of halogens is 1. The van der Waals surface area contributed by atoms with Crippen LogP contribution < -0.4 is 9.47 Å². The van der Waals surface area contributed by atoms with Crippen molar-refractivity contribution in [1.82, 2.24) is 0 Å². The van der Waals surface area contributed by atoms with Gasteiger partial charge in [0.05, 0.1) is 19.3 Å². The minimum Gasteiger partial charge on any atom is -0.493 e. The van der Waals surface area contributed by atoms with Gasteiger partial charge in [-0.2, -0.15) is 4.99 Å². The Morgan fingerprint density at radius 1 is 1.38 bits per heavy atom. The van der Waals surface area contributed by atoms with E-state index < -0.39 is 5.54 Å². The number of isocyanates is 1. The van der Waals surface area contributed by atoms with Gasteiger partial charge in [-0.05, 0) is 55.7 Å². The number of rotatable bonds is 6. The van der Waals surface area contributed by atoms with Crippen LogP contribution in [0.5, 0.6) is 11.5 Å². The van der Waals surface area contributed by atoms with Crippen LogP contribution in [0.25, 0.3) is 0 Å². The third kappa shape index (κ3) is 2.85. The molecule has 2 aliphatic carbocycles. The summed E-state index contributed by atoms with van der Waals surface area (Å²) >= 11 is 3.59. The van der Waals surface area contributed by atoms with E-state index in [-0.39, 0.29) is 0 Å². The van der Waals surface area contributed by atoms with Gasteiger partial charge >= 0.3 is 0 Å². The van der Waals surface area contributed by atoms with Crippen LogP contribution in [0.1, 0.15) is 37.7 Å². The van der Waals surface area contributed by atoms with E-state index in [1.165, 1.54) is 12.8 Å². The highest BCUT2D eigenvalue weighted by Gasteiger charge is 2.41. The third-order valence-electron chi connectivity index (χ3n) is 4.37. The zero-order chi connectivity index (χ0) is 14.9. The van der Waals surface area contributed by atoms with Crippen LogP contribution in [0.4, 0.5) is 0 Å². The maximum atomic E-state index is 10.7. The molecule has 3 rings (SSSR count). The first-order chi connectivity index (χ1) is 10.2. The van der Waals surface area contributed by atoms with Gasteiger partial charge in [0.15, 0.2) is 11.5 Å². The predicted molar refractivity (Wildman–Crippen MR) is 82.6 cm³/mol. The first kappa shape index (κ1) is 14.6. The Labute approximate surface area is 132 Å². The van der Waals surface area contributed by atoms with E-state index in [1.807, 2.05) is 12.1 Å². The Morgan fingerprint density at radius 3 is 2.67 bits per heavy atom. The second-order valence-electron chi connectivity index (χ2n) is 5.83. The molecule has 2 aliphatic rings. The highest BCUT2D eigenvalue weighted by atomic mass is 79.9. The molecule has 0 atom stereocenters. The van der Waals surface area contributed by atoms with Crippen molar-refractivity contribution in [2.24, 2.45) is 10.9 Å². The summed E-state index contributed by atoms with van der Waals surface area (Å²) in [6, 6.07) is 3.86. The molecule has 0 bridgehead atoms. The zero-order valence-electron chi connectivity index (χ0n) is 12.0. The molecule has 21 heavy (non-hydrogen) atoms. The van der Waals surface area contributed by atoms with Gasteiger partial charge in [-0.25, -0.2) is 4.79 Å². The number of ether oxygens (including phenoxy) is 2. The molecule has 2 saturated carbocycles. The van der Waals surface area contributed by atoms with Gasteiger partial charge in [-0.1, -0.05) is 15.9 Å². The van der Waals surface area contributed by atoms with Crippen molar-refractivity contribution in [3.8, 4) is 11.5 Å². The average molecular weight is 352 g/mol. The Hall–Kier alpha value is -1.32. The largest absolute Gasteiger partial charge is 0.493 e. The quantitative estimate of drug-likeness (QED) is 0.575. The summed E-state index contributed by atoms with van der Waals surface area (Å²) in [6.45, 7) is 0.736. The summed E-state index contributed by atoms with van der Waals surface area (Å²) in [6.07, 6.45) is 7.02. The van der Waals surface area contributed by atoms with E-state index >= 15 is 0 Å². The second-order valence-corrected chi connectivity index (χ2v) is 6.68. The molecule has 5 heteroatoms. The van der Waals surface area contributed by atoms with Crippen LogP contribution >= 0.6 is 15.9 Å². The van der Waals surface area contributed by atoms with Crippen molar-refractivity contribution in [3.63, 3.8) is 0 Å². The molecule has 1 aromatic rings. The molecule has 0 aliphatic heterocycles. The summed E-state index contributed by atoms with van der Waals surface area (Å²) in [5.74, 6) is 2.12. The summed E-state index contributed by atoms with van der Waals surface area (Å²) in [5, 5.41) is 0. The Balaban J connectivity index is 1.92. The molecule has 4 nitrogen and oxygen atoms in total. The number of methoxy groups -OCH3 is 1. The average Bonchev–Trinajstić information content (AvgIpc) is 3.25. The predicted octanol–water partition coefficient (Wildman–Crippen LogP) is 3.96. The third-order valence-corrected chi connectivity index (χ3v) is 5.02. The lowest BCUT2D eigenvalue weighted by atomic mass is 9.72. The molecule has 0 spiro atoms. The first-order valence-corrected chi connectivity index (χ1v) is 8.08.